The molecule has 0 aliphatic carbocycles. The van der Waals surface area contributed by atoms with E-state index in [-0.39, 0.29) is 19.0 Å². The zero-order valence-electron chi connectivity index (χ0n) is 11.3. The van der Waals surface area contributed by atoms with Crippen molar-refractivity contribution < 1.29 is 23.5 Å². The molecule has 0 saturated heterocycles. The number of hydrogen-bond acceptors (Lipinski definition) is 5. The summed E-state index contributed by atoms with van der Waals surface area (Å²) in [7, 11) is 0. The lowest BCUT2D eigenvalue weighted by molar-refractivity contribution is -0.156. The van der Waals surface area contributed by atoms with Crippen LogP contribution in [0, 0.1) is 5.82 Å². The summed E-state index contributed by atoms with van der Waals surface area (Å²) in [6.07, 6.45) is 1.30. The molecule has 0 aliphatic rings. The van der Waals surface area contributed by atoms with E-state index in [0.29, 0.717) is 5.56 Å². The molecule has 6 heteroatoms. The second-order valence-corrected chi connectivity index (χ2v) is 3.74. The van der Waals surface area contributed by atoms with Crippen molar-refractivity contribution in [2.45, 2.75) is 19.9 Å². The van der Waals surface area contributed by atoms with E-state index < -0.39 is 18.0 Å². The van der Waals surface area contributed by atoms with Crippen LogP contribution in [0.2, 0.25) is 0 Å². The van der Waals surface area contributed by atoms with Gasteiger partial charge in [-0.25, -0.2) is 14.0 Å². The topological polar surface area (TPSA) is 65.0 Å². The van der Waals surface area contributed by atoms with Gasteiger partial charge in [0.2, 0.25) is 6.04 Å². The lowest BCUT2D eigenvalue weighted by Crippen LogP contribution is -2.32. The molecule has 0 radical (unpaired) electrons. The molecule has 0 heterocycles. The van der Waals surface area contributed by atoms with Gasteiger partial charge in [-0.2, -0.15) is 0 Å². The first-order valence-corrected chi connectivity index (χ1v) is 6.20. The van der Waals surface area contributed by atoms with E-state index in [9.17, 15) is 14.0 Å². The van der Waals surface area contributed by atoms with Crippen molar-refractivity contribution in [3.05, 3.63) is 35.6 Å². The largest absolute Gasteiger partial charge is 0.464 e. The van der Waals surface area contributed by atoms with E-state index in [1.807, 2.05) is 0 Å². The van der Waals surface area contributed by atoms with Crippen molar-refractivity contribution >= 4 is 18.2 Å². The van der Waals surface area contributed by atoms with Crippen LogP contribution in [0.4, 0.5) is 4.39 Å². The van der Waals surface area contributed by atoms with Crippen LogP contribution in [0.1, 0.15) is 19.4 Å². The van der Waals surface area contributed by atoms with Crippen LogP contribution in [0.5, 0.6) is 0 Å². The summed E-state index contributed by atoms with van der Waals surface area (Å²) in [5.41, 5.74) is 0.560. The highest BCUT2D eigenvalue weighted by Gasteiger charge is 2.28. The fourth-order valence-electron chi connectivity index (χ4n) is 1.37. The predicted molar refractivity (Wildman–Crippen MR) is 71.0 cm³/mol. The van der Waals surface area contributed by atoms with Crippen LogP contribution in [0.15, 0.2) is 29.3 Å². The first kappa shape index (κ1) is 15.8. The van der Waals surface area contributed by atoms with E-state index in [4.69, 9.17) is 9.47 Å². The van der Waals surface area contributed by atoms with Crippen molar-refractivity contribution in [1.29, 1.82) is 0 Å². The monoisotopic (exact) mass is 281 g/mol. The van der Waals surface area contributed by atoms with Gasteiger partial charge in [0.15, 0.2) is 0 Å². The molecular formula is C14H16FNO4. The molecule has 0 amide bonds. The van der Waals surface area contributed by atoms with E-state index in [0.717, 1.165) is 0 Å². The zero-order valence-corrected chi connectivity index (χ0v) is 11.3. The van der Waals surface area contributed by atoms with Gasteiger partial charge >= 0.3 is 11.9 Å². The molecule has 0 atom stereocenters. The van der Waals surface area contributed by atoms with Gasteiger partial charge < -0.3 is 9.47 Å². The van der Waals surface area contributed by atoms with Gasteiger partial charge in [-0.05, 0) is 31.5 Å². The molecule has 0 saturated carbocycles. The van der Waals surface area contributed by atoms with Gasteiger partial charge in [-0.1, -0.05) is 12.1 Å². The molecule has 20 heavy (non-hydrogen) atoms. The number of ether oxygens (including phenoxy) is 2. The van der Waals surface area contributed by atoms with Crippen LogP contribution in [0.25, 0.3) is 0 Å². The Labute approximate surface area is 116 Å². The number of halogens is 1. The van der Waals surface area contributed by atoms with Crippen LogP contribution in [-0.4, -0.2) is 37.4 Å². The normalized spacial score (nSPS) is 10.8. The average Bonchev–Trinajstić information content (AvgIpc) is 2.42. The summed E-state index contributed by atoms with van der Waals surface area (Å²) in [4.78, 5) is 27.1. The smallest absolute Gasteiger partial charge is 0.342 e. The third-order valence-electron chi connectivity index (χ3n) is 2.26. The van der Waals surface area contributed by atoms with Crippen LogP contribution in [0.3, 0.4) is 0 Å². The maximum atomic E-state index is 12.8. The van der Waals surface area contributed by atoms with Crippen molar-refractivity contribution in [3.63, 3.8) is 0 Å². The molecule has 0 bridgehead atoms. The molecule has 5 nitrogen and oxygen atoms in total. The van der Waals surface area contributed by atoms with E-state index >= 15 is 0 Å². The van der Waals surface area contributed by atoms with Crippen LogP contribution < -0.4 is 0 Å². The number of hydrogen-bond donors (Lipinski definition) is 0. The van der Waals surface area contributed by atoms with Gasteiger partial charge in [0.25, 0.3) is 0 Å². The second-order valence-electron chi connectivity index (χ2n) is 3.74. The van der Waals surface area contributed by atoms with Gasteiger partial charge in [-0.15, -0.1) is 0 Å². The molecule has 1 aromatic carbocycles. The Kier molecular flexibility index (Phi) is 6.36. The van der Waals surface area contributed by atoms with Gasteiger partial charge in [0, 0.05) is 6.21 Å². The average molecular weight is 281 g/mol. The molecule has 1 aromatic rings. The minimum Gasteiger partial charge on any atom is -0.464 e. The Morgan fingerprint density at radius 1 is 1.15 bits per heavy atom. The number of rotatable bonds is 6. The summed E-state index contributed by atoms with van der Waals surface area (Å²) in [5.74, 6) is -1.93. The summed E-state index contributed by atoms with van der Waals surface area (Å²) in [5, 5.41) is 0. The number of carbonyl (C=O) groups excluding carboxylic acids is 2. The van der Waals surface area contributed by atoms with Gasteiger partial charge in [0.05, 0.1) is 13.2 Å². The SMILES string of the molecule is CCOC(=O)C(N=Cc1ccc(F)cc1)C(=O)OCC. The molecule has 0 unspecified atom stereocenters. The van der Waals surface area contributed by atoms with Crippen molar-refractivity contribution in [2.24, 2.45) is 4.99 Å². The van der Waals surface area contributed by atoms with Crippen molar-refractivity contribution in [3.8, 4) is 0 Å². The Balaban J connectivity index is 2.85. The van der Waals surface area contributed by atoms with Gasteiger partial charge in [0.1, 0.15) is 5.82 Å². The van der Waals surface area contributed by atoms with Gasteiger partial charge in [-0.3, -0.25) is 4.99 Å². The molecule has 1 rings (SSSR count). The minimum absolute atomic E-state index is 0.140. The van der Waals surface area contributed by atoms with E-state index in [1.54, 1.807) is 13.8 Å². The van der Waals surface area contributed by atoms with E-state index in [1.165, 1.54) is 30.5 Å². The molecule has 0 aromatic heterocycles. The highest BCUT2D eigenvalue weighted by Crippen LogP contribution is 2.03. The lowest BCUT2D eigenvalue weighted by atomic mass is 10.2. The minimum atomic E-state index is -1.36. The molecular weight excluding hydrogens is 265 g/mol. The number of aliphatic imine (C=N–C) groups is 1. The molecule has 0 spiro atoms. The number of nitrogens with zero attached hydrogens (tertiary/aromatic N) is 1. The van der Waals surface area contributed by atoms with Crippen molar-refractivity contribution in [2.75, 3.05) is 13.2 Å². The number of esters is 2. The van der Waals surface area contributed by atoms with Crippen molar-refractivity contribution in [1.82, 2.24) is 0 Å². The first-order valence-electron chi connectivity index (χ1n) is 6.20. The third kappa shape index (κ3) is 4.79. The maximum Gasteiger partial charge on any atom is 0.342 e. The zero-order chi connectivity index (χ0) is 15.0. The standard InChI is InChI=1S/C14H16FNO4/c1-3-19-13(17)12(14(18)20-4-2)16-9-10-5-7-11(15)8-6-10/h5-9,12H,3-4H2,1-2H3. The summed E-state index contributed by atoms with van der Waals surface area (Å²) in [6.45, 7) is 3.54. The fraction of sp³-hybridized carbons (Fsp3) is 0.357. The molecule has 108 valence electrons. The Morgan fingerprint density at radius 2 is 1.65 bits per heavy atom. The number of benzene rings is 1. The fourth-order valence-corrected chi connectivity index (χ4v) is 1.37. The van der Waals surface area contributed by atoms with Crippen LogP contribution in [-0.2, 0) is 19.1 Å². The molecule has 0 aliphatic heterocycles. The van der Waals surface area contributed by atoms with E-state index in [2.05, 4.69) is 4.99 Å². The summed E-state index contributed by atoms with van der Waals surface area (Å²) >= 11 is 0. The molecule has 0 N–H and O–H groups in total. The summed E-state index contributed by atoms with van der Waals surface area (Å²) in [6, 6.07) is 4.11. The summed E-state index contributed by atoms with van der Waals surface area (Å²) < 4.78 is 22.3. The first-order chi connectivity index (χ1) is 9.58. The van der Waals surface area contributed by atoms with Crippen LogP contribution >= 0.6 is 0 Å². The predicted octanol–water partition coefficient (Wildman–Crippen LogP) is 1.74. The second kappa shape index (κ2) is 8.04. The Hall–Kier alpha value is -2.24. The highest BCUT2D eigenvalue weighted by atomic mass is 19.1. The Morgan fingerprint density at radius 3 is 2.10 bits per heavy atom. The number of carbonyl (C=O) groups is 2. The quantitative estimate of drug-likeness (QED) is 0.452. The highest BCUT2D eigenvalue weighted by molar-refractivity contribution is 6.01. The Bertz CT molecular complexity index is 466. The lowest BCUT2D eigenvalue weighted by Gasteiger charge is -2.10. The molecule has 0 fully saturated rings. The maximum absolute atomic E-state index is 12.8. The third-order valence-corrected chi connectivity index (χ3v) is 2.26.